The summed E-state index contributed by atoms with van der Waals surface area (Å²) in [6.07, 6.45) is 0. The molecule has 0 unspecified atom stereocenters. The van der Waals surface area contributed by atoms with Crippen LogP contribution in [0.5, 0.6) is 0 Å². The summed E-state index contributed by atoms with van der Waals surface area (Å²) in [4.78, 5) is 2.40. The summed E-state index contributed by atoms with van der Waals surface area (Å²) in [5, 5.41) is 10.2. The van der Waals surface area contributed by atoms with Crippen molar-refractivity contribution >= 4 is 80.9 Å². The molecule has 56 heavy (non-hydrogen) atoms. The number of fused-ring (bicyclic) bond motifs is 7. The highest BCUT2D eigenvalue weighted by atomic mass is 32.1. The molecule has 0 bridgehead atoms. The first-order valence-corrected chi connectivity index (χ1v) is 20.0. The quantitative estimate of drug-likeness (QED) is 0.154. The number of benzene rings is 10. The Morgan fingerprint density at radius 2 is 0.839 bits per heavy atom. The number of rotatable bonds is 6. The Morgan fingerprint density at radius 1 is 0.268 bits per heavy atom. The maximum Gasteiger partial charge on any atom is 0.0467 e. The molecule has 0 saturated carbocycles. The first-order valence-electron chi connectivity index (χ1n) is 19.2. The third-order valence-electron chi connectivity index (χ3n) is 11.2. The molecule has 11 rings (SSSR count). The van der Waals surface area contributed by atoms with Crippen LogP contribution >= 0.6 is 11.3 Å². The van der Waals surface area contributed by atoms with Crippen LogP contribution in [-0.2, 0) is 0 Å². The molecule has 0 fully saturated rings. The van der Waals surface area contributed by atoms with Crippen molar-refractivity contribution in [2.75, 3.05) is 4.90 Å². The Balaban J connectivity index is 1.05. The van der Waals surface area contributed by atoms with Gasteiger partial charge in [-0.15, -0.1) is 11.3 Å². The minimum atomic E-state index is 1.10. The van der Waals surface area contributed by atoms with Crippen molar-refractivity contribution in [2.45, 2.75) is 0 Å². The van der Waals surface area contributed by atoms with E-state index in [1.807, 2.05) is 11.3 Å². The van der Waals surface area contributed by atoms with Crippen LogP contribution in [-0.4, -0.2) is 0 Å². The number of nitrogens with zero attached hydrogens (tertiary/aromatic N) is 1. The van der Waals surface area contributed by atoms with Crippen LogP contribution in [0, 0.1) is 0 Å². The summed E-state index contributed by atoms with van der Waals surface area (Å²) in [5.74, 6) is 0. The Morgan fingerprint density at radius 3 is 1.66 bits per heavy atom. The van der Waals surface area contributed by atoms with E-state index in [1.165, 1.54) is 85.9 Å². The van der Waals surface area contributed by atoms with E-state index in [1.54, 1.807) is 0 Å². The first-order chi connectivity index (χ1) is 27.7. The van der Waals surface area contributed by atoms with Gasteiger partial charge in [-0.05, 0) is 126 Å². The molecular formula is C54H35NS. The molecule has 0 spiro atoms. The fraction of sp³-hybridized carbons (Fsp3) is 0. The predicted octanol–water partition coefficient (Wildman–Crippen LogP) is 16.0. The highest BCUT2D eigenvalue weighted by Crippen LogP contribution is 2.42. The molecule has 0 radical (unpaired) electrons. The first kappa shape index (κ1) is 32.4. The minimum absolute atomic E-state index is 1.10. The second-order valence-electron chi connectivity index (χ2n) is 14.5. The van der Waals surface area contributed by atoms with Gasteiger partial charge in [0, 0.05) is 37.2 Å². The normalized spacial score (nSPS) is 11.6. The van der Waals surface area contributed by atoms with E-state index in [2.05, 4.69) is 217 Å². The molecule has 0 amide bonds. The predicted molar refractivity (Wildman–Crippen MR) is 243 cm³/mol. The van der Waals surface area contributed by atoms with E-state index >= 15 is 0 Å². The van der Waals surface area contributed by atoms with Crippen molar-refractivity contribution < 1.29 is 0 Å². The summed E-state index contributed by atoms with van der Waals surface area (Å²) in [5.41, 5.74) is 10.6. The SMILES string of the molecule is c1cc(-c2ccc3ccccc3c2)cc(N(c2ccc(-c3ccc4c(c3)sc3ccccc34)cc2)c2cccc(-c3cc4ccccc4c4ccccc34)c2)c1. The van der Waals surface area contributed by atoms with Gasteiger partial charge in [-0.1, -0.05) is 152 Å². The second-order valence-corrected chi connectivity index (χ2v) is 15.6. The van der Waals surface area contributed by atoms with Crippen LogP contribution < -0.4 is 4.90 Å². The average molecular weight is 730 g/mol. The number of hydrogen-bond acceptors (Lipinski definition) is 2. The van der Waals surface area contributed by atoms with Gasteiger partial charge < -0.3 is 4.90 Å². The summed E-state index contributed by atoms with van der Waals surface area (Å²) in [6.45, 7) is 0. The number of thiophene rings is 1. The lowest BCUT2D eigenvalue weighted by Gasteiger charge is -2.27. The topological polar surface area (TPSA) is 3.24 Å². The van der Waals surface area contributed by atoms with Crippen molar-refractivity contribution in [3.05, 3.63) is 212 Å². The maximum atomic E-state index is 2.40. The number of anilines is 3. The van der Waals surface area contributed by atoms with Crippen molar-refractivity contribution in [1.29, 1.82) is 0 Å². The summed E-state index contributed by atoms with van der Waals surface area (Å²) >= 11 is 1.87. The zero-order valence-electron chi connectivity index (χ0n) is 30.6. The van der Waals surface area contributed by atoms with Gasteiger partial charge in [0.2, 0.25) is 0 Å². The Hall–Kier alpha value is -7.00. The fourth-order valence-corrected chi connectivity index (χ4v) is 9.60. The minimum Gasteiger partial charge on any atom is -0.310 e. The standard InChI is InChI=1S/C54H35NS/c1-2-12-38-31-40(24-23-36(38)11-1)39-14-9-16-45(32-39)55(44-28-25-37(26-29-44)41-27-30-51-50-21-7-8-22-53(50)56-54(51)35-41)46-17-10-15-42(33-46)52-34-43-13-3-4-18-47(43)48-19-5-6-20-49(48)52/h1-35H. The molecular weight excluding hydrogens is 695 g/mol. The van der Waals surface area contributed by atoms with Crippen molar-refractivity contribution in [3.63, 3.8) is 0 Å². The second kappa shape index (κ2) is 13.4. The highest BCUT2D eigenvalue weighted by Gasteiger charge is 2.17. The van der Waals surface area contributed by atoms with Crippen molar-refractivity contribution in [3.8, 4) is 33.4 Å². The summed E-state index contributed by atoms with van der Waals surface area (Å²) < 4.78 is 2.65. The molecule has 2 heteroatoms. The Bertz CT molecular complexity index is 3260. The van der Waals surface area contributed by atoms with Gasteiger partial charge in [-0.25, -0.2) is 0 Å². The highest BCUT2D eigenvalue weighted by molar-refractivity contribution is 7.25. The molecule has 262 valence electrons. The lowest BCUT2D eigenvalue weighted by atomic mass is 9.93. The fourth-order valence-electron chi connectivity index (χ4n) is 8.45. The average Bonchev–Trinajstić information content (AvgIpc) is 3.64. The Kier molecular flexibility index (Phi) is 7.75. The molecule has 0 saturated heterocycles. The van der Waals surface area contributed by atoms with Gasteiger partial charge in [-0.2, -0.15) is 0 Å². The molecule has 1 aromatic heterocycles. The van der Waals surface area contributed by atoms with Gasteiger partial charge in [0.25, 0.3) is 0 Å². The maximum absolute atomic E-state index is 2.40. The molecule has 1 nitrogen and oxygen atoms in total. The molecule has 0 N–H and O–H groups in total. The third-order valence-corrected chi connectivity index (χ3v) is 12.3. The zero-order valence-corrected chi connectivity index (χ0v) is 31.4. The molecule has 0 aliphatic carbocycles. The monoisotopic (exact) mass is 729 g/mol. The molecule has 1 heterocycles. The summed E-state index contributed by atoms with van der Waals surface area (Å²) in [7, 11) is 0. The van der Waals surface area contributed by atoms with E-state index in [9.17, 15) is 0 Å². The largest absolute Gasteiger partial charge is 0.310 e. The van der Waals surface area contributed by atoms with Crippen LogP contribution in [0.25, 0.3) is 85.9 Å². The zero-order chi connectivity index (χ0) is 37.0. The van der Waals surface area contributed by atoms with Gasteiger partial charge in [0.15, 0.2) is 0 Å². The van der Waals surface area contributed by atoms with E-state index in [0.717, 1.165) is 17.1 Å². The van der Waals surface area contributed by atoms with Crippen LogP contribution in [0.1, 0.15) is 0 Å². The van der Waals surface area contributed by atoms with Crippen LogP contribution in [0.2, 0.25) is 0 Å². The smallest absolute Gasteiger partial charge is 0.0467 e. The van der Waals surface area contributed by atoms with Crippen LogP contribution in [0.15, 0.2) is 212 Å². The third kappa shape index (κ3) is 5.62. The lowest BCUT2D eigenvalue weighted by Crippen LogP contribution is -2.10. The molecule has 11 aromatic rings. The van der Waals surface area contributed by atoms with Crippen molar-refractivity contribution in [2.24, 2.45) is 0 Å². The van der Waals surface area contributed by atoms with Gasteiger partial charge >= 0.3 is 0 Å². The van der Waals surface area contributed by atoms with Crippen LogP contribution in [0.3, 0.4) is 0 Å². The van der Waals surface area contributed by atoms with E-state index < -0.39 is 0 Å². The van der Waals surface area contributed by atoms with E-state index in [-0.39, 0.29) is 0 Å². The molecule has 0 atom stereocenters. The number of hydrogen-bond donors (Lipinski definition) is 0. The lowest BCUT2D eigenvalue weighted by molar-refractivity contribution is 1.28. The molecule has 0 aliphatic rings. The van der Waals surface area contributed by atoms with E-state index in [0.29, 0.717) is 0 Å². The molecule has 10 aromatic carbocycles. The van der Waals surface area contributed by atoms with Crippen LogP contribution in [0.4, 0.5) is 17.1 Å². The van der Waals surface area contributed by atoms with Gasteiger partial charge in [0.1, 0.15) is 0 Å². The molecule has 0 aliphatic heterocycles. The van der Waals surface area contributed by atoms with E-state index in [4.69, 9.17) is 0 Å². The van der Waals surface area contributed by atoms with Gasteiger partial charge in [0.05, 0.1) is 0 Å². The summed E-state index contributed by atoms with van der Waals surface area (Å²) in [6, 6.07) is 77.8. The Labute approximate surface area is 330 Å². The van der Waals surface area contributed by atoms with Gasteiger partial charge in [-0.3, -0.25) is 0 Å². The van der Waals surface area contributed by atoms with Crippen molar-refractivity contribution in [1.82, 2.24) is 0 Å².